The zero-order valence-electron chi connectivity index (χ0n) is 15.3. The van der Waals surface area contributed by atoms with Gasteiger partial charge in [0.05, 0.1) is 17.8 Å². The zero-order chi connectivity index (χ0) is 18.6. The predicted octanol–water partition coefficient (Wildman–Crippen LogP) is 1.93. The fourth-order valence-corrected chi connectivity index (χ4v) is 3.54. The van der Waals surface area contributed by atoms with E-state index >= 15 is 0 Å². The Morgan fingerprint density at radius 2 is 2.07 bits per heavy atom. The first kappa shape index (κ1) is 17.4. The number of hydrogen-bond acceptors (Lipinski definition) is 5. The smallest absolute Gasteiger partial charge is 0.257 e. The van der Waals surface area contributed by atoms with Gasteiger partial charge in [0.15, 0.2) is 5.82 Å². The maximum absolute atomic E-state index is 12.7. The molecule has 0 spiro atoms. The summed E-state index contributed by atoms with van der Waals surface area (Å²) in [5.74, 6) is 1.61. The van der Waals surface area contributed by atoms with Crippen LogP contribution in [-0.4, -0.2) is 60.7 Å². The van der Waals surface area contributed by atoms with E-state index in [9.17, 15) is 4.79 Å². The van der Waals surface area contributed by atoms with Crippen LogP contribution in [0, 0.1) is 6.92 Å². The van der Waals surface area contributed by atoms with Crippen molar-refractivity contribution in [2.24, 2.45) is 0 Å². The summed E-state index contributed by atoms with van der Waals surface area (Å²) in [6.45, 7) is 4.79. The topological polar surface area (TPSA) is 93.8 Å². The third kappa shape index (κ3) is 3.90. The van der Waals surface area contributed by atoms with E-state index in [1.807, 2.05) is 30.0 Å². The Balaban J connectivity index is 1.56. The van der Waals surface area contributed by atoms with E-state index in [1.54, 1.807) is 12.4 Å². The van der Waals surface area contributed by atoms with E-state index in [0.29, 0.717) is 18.7 Å². The van der Waals surface area contributed by atoms with Crippen molar-refractivity contribution in [2.75, 3.05) is 19.6 Å². The van der Waals surface area contributed by atoms with E-state index in [1.165, 1.54) is 5.56 Å². The quantitative estimate of drug-likeness (QED) is 0.737. The number of amides is 1. The molecule has 3 aromatic rings. The lowest BCUT2D eigenvalue weighted by atomic mass is 10.1. The van der Waals surface area contributed by atoms with Crippen LogP contribution in [-0.2, 0) is 6.54 Å². The Morgan fingerprint density at radius 1 is 1.22 bits per heavy atom. The Kier molecular flexibility index (Phi) is 4.97. The second-order valence-electron chi connectivity index (χ2n) is 6.82. The summed E-state index contributed by atoms with van der Waals surface area (Å²) >= 11 is 0. The molecule has 1 aliphatic rings. The highest BCUT2D eigenvalue weighted by Gasteiger charge is 2.30. The molecule has 1 aromatic carbocycles. The molecule has 1 saturated heterocycles. The molecule has 0 aliphatic carbocycles. The van der Waals surface area contributed by atoms with E-state index in [4.69, 9.17) is 0 Å². The number of aryl methyl sites for hydroxylation is 1. The van der Waals surface area contributed by atoms with Gasteiger partial charge in [-0.25, -0.2) is 4.98 Å². The summed E-state index contributed by atoms with van der Waals surface area (Å²) in [5, 5.41) is 13.9. The number of aromatic amines is 2. The van der Waals surface area contributed by atoms with Crippen LogP contribution in [0.4, 0.5) is 0 Å². The van der Waals surface area contributed by atoms with Gasteiger partial charge in [-0.2, -0.15) is 10.2 Å². The first-order chi connectivity index (χ1) is 13.2. The van der Waals surface area contributed by atoms with Gasteiger partial charge in [0.2, 0.25) is 0 Å². The van der Waals surface area contributed by atoms with Gasteiger partial charge < -0.3 is 4.90 Å². The molecule has 140 valence electrons. The highest BCUT2D eigenvalue weighted by atomic mass is 16.2. The number of benzene rings is 1. The number of aromatic nitrogens is 5. The van der Waals surface area contributed by atoms with E-state index in [2.05, 4.69) is 42.4 Å². The van der Waals surface area contributed by atoms with Crippen LogP contribution in [0.5, 0.6) is 0 Å². The number of H-pyrrole nitrogens is 2. The van der Waals surface area contributed by atoms with Crippen molar-refractivity contribution < 1.29 is 4.79 Å². The second kappa shape index (κ2) is 7.71. The maximum atomic E-state index is 12.7. The molecular weight excluding hydrogens is 342 g/mol. The van der Waals surface area contributed by atoms with Crippen LogP contribution in [0.2, 0.25) is 0 Å². The second-order valence-corrected chi connectivity index (χ2v) is 6.82. The van der Waals surface area contributed by atoms with Crippen molar-refractivity contribution >= 4 is 5.91 Å². The van der Waals surface area contributed by atoms with Crippen molar-refractivity contribution in [3.63, 3.8) is 0 Å². The maximum Gasteiger partial charge on any atom is 0.257 e. The van der Waals surface area contributed by atoms with Gasteiger partial charge in [-0.05, 0) is 18.9 Å². The molecule has 8 heteroatoms. The minimum Gasteiger partial charge on any atom is -0.337 e. The highest BCUT2D eigenvalue weighted by Crippen LogP contribution is 2.26. The van der Waals surface area contributed by atoms with Gasteiger partial charge in [-0.3, -0.25) is 19.9 Å². The van der Waals surface area contributed by atoms with Gasteiger partial charge in [-0.1, -0.05) is 30.3 Å². The van der Waals surface area contributed by atoms with Gasteiger partial charge in [-0.15, -0.1) is 0 Å². The Hall–Kier alpha value is -3.00. The zero-order valence-corrected chi connectivity index (χ0v) is 15.3. The number of nitrogens with one attached hydrogen (secondary N) is 2. The minimum atomic E-state index is 0.00947. The molecule has 3 heterocycles. The van der Waals surface area contributed by atoms with E-state index in [0.717, 1.165) is 31.2 Å². The highest BCUT2D eigenvalue weighted by molar-refractivity contribution is 5.93. The van der Waals surface area contributed by atoms with Crippen LogP contribution < -0.4 is 0 Å². The molecule has 8 nitrogen and oxygen atoms in total. The van der Waals surface area contributed by atoms with Crippen LogP contribution in [0.15, 0.2) is 42.7 Å². The van der Waals surface area contributed by atoms with E-state index in [-0.39, 0.29) is 11.9 Å². The lowest BCUT2D eigenvalue weighted by molar-refractivity contribution is 0.0761. The molecule has 27 heavy (non-hydrogen) atoms. The Bertz CT molecular complexity index is 875. The SMILES string of the molecule is Cc1nc([C@@H]2CCN(C(=O)c3cn[nH]c3)CCN2Cc2ccccc2)n[nH]1. The van der Waals surface area contributed by atoms with Gasteiger partial charge in [0.1, 0.15) is 5.82 Å². The van der Waals surface area contributed by atoms with Crippen LogP contribution >= 0.6 is 0 Å². The molecule has 2 N–H and O–H groups in total. The molecular formula is C19H23N7O. The third-order valence-electron chi connectivity index (χ3n) is 4.94. The third-order valence-corrected chi connectivity index (χ3v) is 4.94. The molecule has 1 fully saturated rings. The number of rotatable bonds is 4. The fourth-order valence-electron chi connectivity index (χ4n) is 3.54. The van der Waals surface area contributed by atoms with Crippen molar-refractivity contribution in [2.45, 2.75) is 25.9 Å². The fraction of sp³-hybridized carbons (Fsp3) is 0.368. The minimum absolute atomic E-state index is 0.00947. The molecule has 1 aliphatic heterocycles. The predicted molar refractivity (Wildman–Crippen MR) is 99.8 cm³/mol. The average molecular weight is 365 g/mol. The molecule has 0 radical (unpaired) electrons. The lowest BCUT2D eigenvalue weighted by Crippen LogP contribution is -2.35. The molecule has 2 aromatic heterocycles. The standard InChI is InChI=1S/C19H23N7O/c1-14-22-18(24-23-14)17-7-8-25(19(27)16-11-20-21-12-16)9-10-26(17)13-15-5-3-2-4-6-15/h2-6,11-12,17H,7-10,13H2,1H3,(H,20,21)(H,22,23,24)/t17-/m0/s1. The van der Waals surface area contributed by atoms with Gasteiger partial charge >= 0.3 is 0 Å². The van der Waals surface area contributed by atoms with Crippen LogP contribution in [0.1, 0.15) is 40.0 Å². The monoisotopic (exact) mass is 365 g/mol. The molecule has 0 saturated carbocycles. The normalized spacial score (nSPS) is 18.4. The van der Waals surface area contributed by atoms with Gasteiger partial charge in [0, 0.05) is 32.4 Å². The summed E-state index contributed by atoms with van der Waals surface area (Å²) in [6.07, 6.45) is 4.00. The molecule has 1 atom stereocenters. The Morgan fingerprint density at radius 3 is 2.78 bits per heavy atom. The largest absolute Gasteiger partial charge is 0.337 e. The number of carbonyl (C=O) groups is 1. The summed E-state index contributed by atoms with van der Waals surface area (Å²) < 4.78 is 0. The van der Waals surface area contributed by atoms with Crippen LogP contribution in [0.25, 0.3) is 0 Å². The first-order valence-corrected chi connectivity index (χ1v) is 9.15. The van der Waals surface area contributed by atoms with E-state index < -0.39 is 0 Å². The number of hydrogen-bond donors (Lipinski definition) is 2. The lowest BCUT2D eigenvalue weighted by Gasteiger charge is -2.27. The van der Waals surface area contributed by atoms with Crippen LogP contribution in [0.3, 0.4) is 0 Å². The summed E-state index contributed by atoms with van der Waals surface area (Å²) in [4.78, 5) is 21.5. The van der Waals surface area contributed by atoms with Crippen molar-refractivity contribution in [3.05, 3.63) is 65.5 Å². The molecule has 1 amide bonds. The molecule has 0 unspecified atom stereocenters. The number of carbonyl (C=O) groups excluding carboxylic acids is 1. The summed E-state index contributed by atoms with van der Waals surface area (Å²) in [5.41, 5.74) is 1.83. The summed E-state index contributed by atoms with van der Waals surface area (Å²) in [7, 11) is 0. The van der Waals surface area contributed by atoms with Gasteiger partial charge in [0.25, 0.3) is 5.91 Å². The van der Waals surface area contributed by atoms with Crippen molar-refractivity contribution in [3.8, 4) is 0 Å². The van der Waals surface area contributed by atoms with Crippen molar-refractivity contribution in [1.29, 1.82) is 0 Å². The number of nitrogens with zero attached hydrogens (tertiary/aromatic N) is 5. The Labute approximate surface area is 157 Å². The first-order valence-electron chi connectivity index (χ1n) is 9.15. The summed E-state index contributed by atoms with van der Waals surface area (Å²) in [6, 6.07) is 10.4. The molecule has 4 rings (SSSR count). The van der Waals surface area contributed by atoms with Crippen molar-refractivity contribution in [1.82, 2.24) is 35.2 Å². The molecule has 0 bridgehead atoms. The average Bonchev–Trinajstić information content (AvgIpc) is 3.32.